The topological polar surface area (TPSA) is 299 Å². The molecule has 0 unspecified atom stereocenters. The number of nitrogens with one attached hydrogen (secondary N) is 2. The van der Waals surface area contributed by atoms with Crippen LogP contribution in [0.25, 0.3) is 10.8 Å². The molecule has 0 amide bonds. The zero-order valence-corrected chi connectivity index (χ0v) is 27.2. The summed E-state index contributed by atoms with van der Waals surface area (Å²) in [7, 11) is -24.5. The molecule has 0 spiro atoms. The number of nitrogens with zero attached hydrogens (tertiary/aromatic N) is 1. The van der Waals surface area contributed by atoms with Gasteiger partial charge in [-0.2, -0.15) is 25.3 Å². The Hall–Kier alpha value is -4.23. The van der Waals surface area contributed by atoms with Crippen molar-refractivity contribution < 1.29 is 60.7 Å². The van der Waals surface area contributed by atoms with E-state index in [1.54, 1.807) is 0 Å². The largest absolute Gasteiger partial charge is 0.295 e. The Morgan fingerprint density at radius 2 is 1.13 bits per heavy atom. The Kier molecular flexibility index (Phi) is 9.41. The van der Waals surface area contributed by atoms with E-state index < -0.39 is 98.0 Å². The summed E-state index contributed by atoms with van der Waals surface area (Å²) in [4.78, 5) is 6.89. The van der Waals surface area contributed by atoms with Crippen LogP contribution in [0.5, 0.6) is 0 Å². The molecule has 0 atom stereocenters. The minimum atomic E-state index is -5.37. The maximum atomic E-state index is 13.2. The first-order valence-corrected chi connectivity index (χ1v) is 19.9. The van der Waals surface area contributed by atoms with Crippen LogP contribution in [0.4, 0.5) is 17.1 Å². The van der Waals surface area contributed by atoms with Crippen LogP contribution in [-0.2, 0) is 61.9 Å². The SMILES string of the molecule is O=[N+]([O-])c1cccc(CS(=O)(=O)Nc2cccc(CS(=O)(=O)Nc3cc(S(=O)(=O)O)cc4cc(S(=O)(=O)O)cc(S(=O)(=O)O)c34)c2)c1. The van der Waals surface area contributed by atoms with Crippen LogP contribution in [0.2, 0.25) is 0 Å². The van der Waals surface area contributed by atoms with Crippen LogP contribution in [0.15, 0.2) is 87.5 Å². The molecule has 0 saturated heterocycles. The number of non-ortho nitro benzene ring substituents is 1. The quantitative estimate of drug-likeness (QED) is 0.0788. The smallest absolute Gasteiger partial charge is 0.283 e. The lowest BCUT2D eigenvalue weighted by Gasteiger charge is -2.16. The highest BCUT2D eigenvalue weighted by Gasteiger charge is 2.26. The van der Waals surface area contributed by atoms with Crippen molar-refractivity contribution >= 4 is 78.2 Å². The molecule has 5 N–H and O–H groups in total. The molecule has 47 heavy (non-hydrogen) atoms. The average Bonchev–Trinajstić information content (AvgIpc) is 2.90. The van der Waals surface area contributed by atoms with E-state index in [9.17, 15) is 65.9 Å². The van der Waals surface area contributed by atoms with Crippen molar-refractivity contribution in [2.45, 2.75) is 26.2 Å². The van der Waals surface area contributed by atoms with E-state index in [4.69, 9.17) is 0 Å². The molecule has 0 aliphatic heterocycles. The van der Waals surface area contributed by atoms with Crippen LogP contribution in [0.1, 0.15) is 11.1 Å². The molecule has 0 heterocycles. The van der Waals surface area contributed by atoms with Gasteiger partial charge in [-0.3, -0.25) is 33.2 Å². The third-order valence-corrected chi connectivity index (χ3v) is 11.2. The highest BCUT2D eigenvalue weighted by Crippen LogP contribution is 2.36. The lowest BCUT2D eigenvalue weighted by atomic mass is 10.1. The lowest BCUT2D eigenvalue weighted by Crippen LogP contribution is -2.17. The number of benzene rings is 4. The number of hydrogen-bond acceptors (Lipinski definition) is 12. The molecule has 18 nitrogen and oxygen atoms in total. The standard InChI is InChI=1S/C24H21N3O15S5/c28-27(29)19-6-2-4-16(8-19)14-43(30,31)25-18-5-1-3-15(7-18)13-44(32,33)26-22-11-20(45(34,35)36)9-17-10-21(46(37,38)39)12-23(24(17)22)47(40,41)42/h1-12,25-26H,13-14H2,(H,34,35,36)(H,37,38,39)(H,40,41,42). The number of sulfonamides is 2. The molecule has 4 rings (SSSR count). The molecule has 23 heteroatoms. The van der Waals surface area contributed by atoms with E-state index in [0.717, 1.165) is 12.1 Å². The molecular weight excluding hydrogens is 731 g/mol. The van der Waals surface area contributed by atoms with Gasteiger partial charge in [0.05, 0.1) is 31.9 Å². The van der Waals surface area contributed by atoms with E-state index in [1.807, 2.05) is 4.72 Å². The Morgan fingerprint density at radius 3 is 1.66 bits per heavy atom. The van der Waals surface area contributed by atoms with Gasteiger partial charge >= 0.3 is 0 Å². The summed E-state index contributed by atoms with van der Waals surface area (Å²) in [5.41, 5.74) is -1.28. The van der Waals surface area contributed by atoms with Crippen LogP contribution in [-0.4, -0.2) is 60.7 Å². The lowest BCUT2D eigenvalue weighted by molar-refractivity contribution is -0.384. The second kappa shape index (κ2) is 12.4. The van der Waals surface area contributed by atoms with E-state index in [1.165, 1.54) is 36.4 Å². The summed E-state index contributed by atoms with van der Waals surface area (Å²) in [5.74, 6) is -1.62. The first kappa shape index (κ1) is 35.6. The van der Waals surface area contributed by atoms with Gasteiger partial charge in [0.2, 0.25) is 20.0 Å². The Bertz CT molecular complexity index is 2490. The normalized spacial score (nSPS) is 12.9. The molecule has 252 valence electrons. The molecule has 0 aliphatic carbocycles. The second-order valence-corrected chi connectivity index (χ2v) is 17.4. The summed E-state index contributed by atoms with van der Waals surface area (Å²) in [5, 5.41) is 9.60. The molecule has 0 bridgehead atoms. The van der Waals surface area contributed by atoms with Crippen molar-refractivity contribution in [2.24, 2.45) is 0 Å². The van der Waals surface area contributed by atoms with Gasteiger partial charge in [-0.15, -0.1) is 0 Å². The Labute approximate surface area is 267 Å². The number of nitro benzene ring substituents is 1. The highest BCUT2D eigenvalue weighted by molar-refractivity contribution is 7.92. The molecule has 0 fully saturated rings. The average molecular weight is 752 g/mol. The molecule has 0 aromatic heterocycles. The van der Waals surface area contributed by atoms with Crippen molar-refractivity contribution in [1.29, 1.82) is 0 Å². The molecule has 0 radical (unpaired) electrons. The van der Waals surface area contributed by atoms with Crippen LogP contribution in [0, 0.1) is 10.1 Å². The monoisotopic (exact) mass is 751 g/mol. The minimum Gasteiger partial charge on any atom is -0.283 e. The van der Waals surface area contributed by atoms with Gasteiger partial charge in [0.25, 0.3) is 36.0 Å². The maximum absolute atomic E-state index is 13.2. The summed E-state index contributed by atoms with van der Waals surface area (Å²) >= 11 is 0. The summed E-state index contributed by atoms with van der Waals surface area (Å²) < 4.78 is 156. The maximum Gasteiger partial charge on any atom is 0.295 e. The van der Waals surface area contributed by atoms with Gasteiger partial charge in [0.1, 0.15) is 4.90 Å². The molecule has 0 aliphatic rings. The first-order chi connectivity index (χ1) is 21.4. The van der Waals surface area contributed by atoms with Gasteiger partial charge in [-0.05, 0) is 52.9 Å². The number of hydrogen-bond donors (Lipinski definition) is 5. The highest BCUT2D eigenvalue weighted by atomic mass is 32.2. The van der Waals surface area contributed by atoms with Crippen molar-refractivity contribution in [3.63, 3.8) is 0 Å². The minimum absolute atomic E-state index is 0.0630. The zero-order valence-electron chi connectivity index (χ0n) is 23.1. The summed E-state index contributed by atoms with van der Waals surface area (Å²) in [6, 6.07) is 11.7. The third-order valence-electron chi connectivity index (χ3n) is 6.13. The predicted molar refractivity (Wildman–Crippen MR) is 165 cm³/mol. The predicted octanol–water partition coefficient (Wildman–Crippen LogP) is 2.37. The van der Waals surface area contributed by atoms with E-state index in [0.29, 0.717) is 24.3 Å². The number of fused-ring (bicyclic) bond motifs is 1. The van der Waals surface area contributed by atoms with Gasteiger partial charge in [0.15, 0.2) is 0 Å². The van der Waals surface area contributed by atoms with Crippen molar-refractivity contribution in [3.05, 3.63) is 94.0 Å². The van der Waals surface area contributed by atoms with Gasteiger partial charge in [-0.25, -0.2) is 16.8 Å². The van der Waals surface area contributed by atoms with Crippen LogP contribution >= 0.6 is 0 Å². The van der Waals surface area contributed by atoms with Crippen molar-refractivity contribution in [2.75, 3.05) is 9.44 Å². The van der Waals surface area contributed by atoms with Crippen LogP contribution in [0.3, 0.4) is 0 Å². The number of nitro groups is 1. The fourth-order valence-corrected chi connectivity index (χ4v) is 8.63. The summed E-state index contributed by atoms with van der Waals surface area (Å²) in [6.07, 6.45) is 0. The van der Waals surface area contributed by atoms with Crippen LogP contribution < -0.4 is 9.44 Å². The molecular formula is C24H21N3O15S5. The fraction of sp³-hybridized carbons (Fsp3) is 0.0833. The van der Waals surface area contributed by atoms with Gasteiger partial charge < -0.3 is 0 Å². The number of anilines is 2. The fourth-order valence-electron chi connectivity index (χ4n) is 4.35. The third kappa shape index (κ3) is 8.98. The number of rotatable bonds is 12. The molecule has 0 saturated carbocycles. The van der Waals surface area contributed by atoms with Crippen molar-refractivity contribution in [3.8, 4) is 0 Å². The second-order valence-electron chi connectivity index (χ2n) is 9.77. The Balaban J connectivity index is 1.71. The van der Waals surface area contributed by atoms with Crippen molar-refractivity contribution in [1.82, 2.24) is 0 Å². The molecule has 4 aromatic carbocycles. The van der Waals surface area contributed by atoms with Gasteiger partial charge in [-0.1, -0.05) is 24.3 Å². The van der Waals surface area contributed by atoms with Gasteiger partial charge in [0, 0.05) is 23.2 Å². The Morgan fingerprint density at radius 1 is 0.617 bits per heavy atom. The summed E-state index contributed by atoms with van der Waals surface area (Å²) in [6.45, 7) is 0. The van der Waals surface area contributed by atoms with E-state index >= 15 is 0 Å². The van der Waals surface area contributed by atoms with E-state index in [-0.39, 0.29) is 22.5 Å². The molecule has 4 aromatic rings. The van der Waals surface area contributed by atoms with E-state index in [2.05, 4.69) is 4.72 Å². The zero-order chi connectivity index (χ0) is 35.2. The first-order valence-electron chi connectivity index (χ1n) is 12.3.